The van der Waals surface area contributed by atoms with Gasteiger partial charge in [0.25, 0.3) is 10.0 Å². The van der Waals surface area contributed by atoms with Gasteiger partial charge in [0.05, 0.1) is 14.8 Å². The molecule has 0 aliphatic carbocycles. The Balaban J connectivity index is 1.83. The fraction of sp³-hybridized carbons (Fsp3) is 0.0714. The molecule has 0 saturated heterocycles. The van der Waals surface area contributed by atoms with E-state index in [2.05, 4.69) is 41.7 Å². The number of nitrogens with zero attached hydrogens (tertiary/aromatic N) is 2. The van der Waals surface area contributed by atoms with E-state index >= 15 is 0 Å². The fourth-order valence-corrected chi connectivity index (χ4v) is 6.03. The number of hydrogen-bond donors (Lipinski definition) is 1. The van der Waals surface area contributed by atoms with Gasteiger partial charge in [-0.2, -0.15) is 5.10 Å². The summed E-state index contributed by atoms with van der Waals surface area (Å²) in [6.45, 7) is 0.376. The number of sulfonamides is 1. The van der Waals surface area contributed by atoms with E-state index in [0.29, 0.717) is 21.1 Å². The topological polar surface area (TPSA) is 64.0 Å². The van der Waals surface area contributed by atoms with E-state index in [1.54, 1.807) is 35.1 Å². The van der Waals surface area contributed by atoms with Gasteiger partial charge >= 0.3 is 0 Å². The SMILES string of the molecule is O=S(=O)(Nc1nn(Cc2ccc(Cl)cc2Cl)cc1Br)c1ccc(Br)s1. The smallest absolute Gasteiger partial charge is 0.265 e. The predicted octanol–water partition coefficient (Wildman–Crippen LogP) is 5.63. The molecule has 1 N–H and O–H groups in total. The molecule has 0 atom stereocenters. The van der Waals surface area contributed by atoms with Gasteiger partial charge in [0.2, 0.25) is 0 Å². The zero-order valence-electron chi connectivity index (χ0n) is 12.2. The Morgan fingerprint density at radius 3 is 2.60 bits per heavy atom. The summed E-state index contributed by atoms with van der Waals surface area (Å²) in [5.41, 5.74) is 0.817. The van der Waals surface area contributed by atoms with E-state index in [0.717, 1.165) is 20.7 Å². The normalized spacial score (nSPS) is 11.7. The summed E-state index contributed by atoms with van der Waals surface area (Å²) in [7, 11) is -3.70. The van der Waals surface area contributed by atoms with Gasteiger partial charge in [-0.05, 0) is 61.7 Å². The van der Waals surface area contributed by atoms with Gasteiger partial charge in [-0.1, -0.05) is 29.3 Å². The Morgan fingerprint density at radius 2 is 1.96 bits per heavy atom. The Hall–Kier alpha value is -0.580. The first-order valence-corrected chi connectivity index (χ1v) is 11.3. The molecule has 3 rings (SSSR count). The maximum Gasteiger partial charge on any atom is 0.272 e. The fourth-order valence-electron chi connectivity index (χ4n) is 1.99. The summed E-state index contributed by atoms with van der Waals surface area (Å²) in [5, 5.41) is 5.33. The van der Waals surface area contributed by atoms with Crippen LogP contribution in [0, 0.1) is 0 Å². The van der Waals surface area contributed by atoms with Crippen LogP contribution < -0.4 is 4.72 Å². The first-order chi connectivity index (χ1) is 11.7. The molecule has 132 valence electrons. The summed E-state index contributed by atoms with van der Waals surface area (Å²) in [4.78, 5) is 0. The van der Waals surface area contributed by atoms with E-state index < -0.39 is 10.0 Å². The van der Waals surface area contributed by atoms with E-state index in [-0.39, 0.29) is 10.0 Å². The zero-order chi connectivity index (χ0) is 18.2. The molecule has 5 nitrogen and oxygen atoms in total. The lowest BCUT2D eigenvalue weighted by atomic mass is 10.2. The van der Waals surface area contributed by atoms with Crippen molar-refractivity contribution in [3.8, 4) is 0 Å². The largest absolute Gasteiger partial charge is 0.272 e. The molecule has 0 aliphatic heterocycles. The third kappa shape index (κ3) is 4.58. The molecule has 2 aromatic heterocycles. The van der Waals surface area contributed by atoms with Crippen molar-refractivity contribution in [3.63, 3.8) is 0 Å². The first kappa shape index (κ1) is 19.2. The molecule has 0 aliphatic rings. The Bertz CT molecular complexity index is 1030. The molecule has 0 spiro atoms. The summed E-state index contributed by atoms with van der Waals surface area (Å²) in [5.74, 6) is 0.203. The van der Waals surface area contributed by atoms with E-state index in [1.807, 2.05) is 0 Å². The highest BCUT2D eigenvalue weighted by molar-refractivity contribution is 9.11. The molecule has 0 saturated carbocycles. The molecule has 1 aromatic carbocycles. The zero-order valence-corrected chi connectivity index (χ0v) is 18.5. The monoisotopic (exact) mass is 543 g/mol. The van der Waals surface area contributed by atoms with Crippen LogP contribution in [0.1, 0.15) is 5.56 Å². The minimum absolute atomic E-state index is 0.196. The summed E-state index contributed by atoms with van der Waals surface area (Å²) in [6.07, 6.45) is 1.67. The quantitative estimate of drug-likeness (QED) is 0.452. The number of nitrogens with one attached hydrogen (secondary N) is 1. The molecule has 11 heteroatoms. The van der Waals surface area contributed by atoms with Gasteiger partial charge in [0, 0.05) is 16.2 Å². The average Bonchev–Trinajstić information content (AvgIpc) is 3.09. The van der Waals surface area contributed by atoms with Crippen molar-refractivity contribution in [2.45, 2.75) is 10.8 Å². The molecule has 25 heavy (non-hydrogen) atoms. The van der Waals surface area contributed by atoms with Crippen molar-refractivity contribution in [1.29, 1.82) is 0 Å². The van der Waals surface area contributed by atoms with Crippen LogP contribution >= 0.6 is 66.4 Å². The van der Waals surface area contributed by atoms with Gasteiger partial charge in [0.1, 0.15) is 4.21 Å². The van der Waals surface area contributed by atoms with Crippen molar-refractivity contribution in [2.24, 2.45) is 0 Å². The van der Waals surface area contributed by atoms with Crippen LogP contribution in [0.15, 0.2) is 49.0 Å². The van der Waals surface area contributed by atoms with Crippen molar-refractivity contribution in [2.75, 3.05) is 4.72 Å². The summed E-state index contributed by atoms with van der Waals surface area (Å²) in [6, 6.07) is 8.38. The third-order valence-electron chi connectivity index (χ3n) is 3.11. The molecule has 0 fully saturated rings. The number of rotatable bonds is 5. The lowest BCUT2D eigenvalue weighted by Gasteiger charge is -2.05. The van der Waals surface area contributed by atoms with Gasteiger partial charge in [0.15, 0.2) is 5.82 Å². The van der Waals surface area contributed by atoms with Gasteiger partial charge in [-0.15, -0.1) is 11.3 Å². The highest BCUT2D eigenvalue weighted by Gasteiger charge is 2.20. The second kappa shape index (κ2) is 7.58. The summed E-state index contributed by atoms with van der Waals surface area (Å²) < 4.78 is 30.3. The number of anilines is 1. The lowest BCUT2D eigenvalue weighted by molar-refractivity contribution is 0.602. The standard InChI is InChI=1S/C14H9Br2Cl2N3O2S2/c15-10-7-21(6-8-1-2-9(17)5-11(8)18)19-14(10)20-25(22,23)13-4-3-12(16)24-13/h1-5,7H,6H2,(H,19,20). The maximum atomic E-state index is 12.4. The highest BCUT2D eigenvalue weighted by atomic mass is 79.9. The van der Waals surface area contributed by atoms with Crippen molar-refractivity contribution in [1.82, 2.24) is 9.78 Å². The van der Waals surface area contributed by atoms with E-state index in [1.165, 1.54) is 6.07 Å². The molecule has 0 radical (unpaired) electrons. The van der Waals surface area contributed by atoms with Crippen LogP contribution in [-0.4, -0.2) is 18.2 Å². The van der Waals surface area contributed by atoms with Gasteiger partial charge in [-0.3, -0.25) is 9.40 Å². The predicted molar refractivity (Wildman–Crippen MR) is 108 cm³/mol. The molecule has 3 aromatic rings. The third-order valence-corrected chi connectivity index (χ3v) is 7.73. The Morgan fingerprint density at radius 1 is 1.20 bits per heavy atom. The minimum atomic E-state index is -3.70. The van der Waals surface area contributed by atoms with Gasteiger partial charge in [-0.25, -0.2) is 8.42 Å². The molecule has 2 heterocycles. The molecular formula is C14H9Br2Cl2N3O2S2. The summed E-state index contributed by atoms with van der Waals surface area (Å²) >= 11 is 19.7. The van der Waals surface area contributed by atoms with Crippen molar-refractivity contribution >= 4 is 82.2 Å². The van der Waals surface area contributed by atoms with Crippen LogP contribution in [0.25, 0.3) is 0 Å². The highest BCUT2D eigenvalue weighted by Crippen LogP contribution is 2.30. The first-order valence-electron chi connectivity index (χ1n) is 6.69. The van der Waals surface area contributed by atoms with Crippen LogP contribution in [0.4, 0.5) is 5.82 Å². The minimum Gasteiger partial charge on any atom is -0.265 e. The number of hydrogen-bond acceptors (Lipinski definition) is 4. The molecule has 0 bridgehead atoms. The Kier molecular flexibility index (Phi) is 5.81. The van der Waals surface area contributed by atoms with E-state index in [4.69, 9.17) is 23.2 Å². The molecule has 0 amide bonds. The number of benzene rings is 1. The number of aromatic nitrogens is 2. The number of thiophene rings is 1. The van der Waals surface area contributed by atoms with Crippen LogP contribution in [0.2, 0.25) is 10.0 Å². The lowest BCUT2D eigenvalue weighted by Crippen LogP contribution is -2.12. The maximum absolute atomic E-state index is 12.4. The second-order valence-corrected chi connectivity index (χ2v) is 11.0. The van der Waals surface area contributed by atoms with Crippen molar-refractivity contribution in [3.05, 3.63) is 60.4 Å². The Labute approximate surface area is 175 Å². The van der Waals surface area contributed by atoms with Crippen LogP contribution in [0.5, 0.6) is 0 Å². The number of halogens is 4. The van der Waals surface area contributed by atoms with Crippen LogP contribution in [0.3, 0.4) is 0 Å². The van der Waals surface area contributed by atoms with Gasteiger partial charge < -0.3 is 0 Å². The molecule has 0 unspecified atom stereocenters. The molecular weight excluding hydrogens is 537 g/mol. The average molecular weight is 546 g/mol. The van der Waals surface area contributed by atoms with E-state index in [9.17, 15) is 8.42 Å². The van der Waals surface area contributed by atoms with Crippen molar-refractivity contribution < 1.29 is 8.42 Å². The second-order valence-electron chi connectivity index (χ2n) is 4.92. The van der Waals surface area contributed by atoms with Crippen LogP contribution in [-0.2, 0) is 16.6 Å².